The van der Waals surface area contributed by atoms with E-state index in [4.69, 9.17) is 4.74 Å². The van der Waals surface area contributed by atoms with Crippen molar-refractivity contribution < 1.29 is 22.7 Å². The fourth-order valence-electron chi connectivity index (χ4n) is 3.52. The zero-order valence-electron chi connectivity index (χ0n) is 18.2. The number of aromatic nitrogens is 1. The van der Waals surface area contributed by atoms with Gasteiger partial charge >= 0.3 is 0 Å². The summed E-state index contributed by atoms with van der Waals surface area (Å²) in [6.07, 6.45) is 0. The summed E-state index contributed by atoms with van der Waals surface area (Å²) >= 11 is 1.09. The van der Waals surface area contributed by atoms with Crippen LogP contribution in [0.25, 0.3) is 11.3 Å². The molecule has 1 N–H and O–H groups in total. The van der Waals surface area contributed by atoms with Crippen molar-refractivity contribution in [1.29, 1.82) is 0 Å². The fourth-order valence-corrected chi connectivity index (χ4v) is 6.06. The van der Waals surface area contributed by atoms with E-state index in [1.54, 1.807) is 19.1 Å². The number of thiazole rings is 1. The summed E-state index contributed by atoms with van der Waals surface area (Å²) in [5.41, 5.74) is 2.02. The average Bonchev–Trinajstić information content (AvgIpc) is 3.24. The van der Waals surface area contributed by atoms with Gasteiger partial charge in [0.05, 0.1) is 28.7 Å². The number of hydrogen-bond donors (Lipinski definition) is 1. The second kappa shape index (κ2) is 9.52. The van der Waals surface area contributed by atoms with Crippen molar-refractivity contribution in [2.75, 3.05) is 31.6 Å². The van der Waals surface area contributed by atoms with Gasteiger partial charge in [0.25, 0.3) is 5.91 Å². The van der Waals surface area contributed by atoms with E-state index in [0.29, 0.717) is 29.3 Å². The van der Waals surface area contributed by atoms with Crippen molar-refractivity contribution in [2.24, 2.45) is 0 Å². The molecule has 8 nitrogen and oxygen atoms in total. The molecule has 1 aliphatic heterocycles. The molecule has 0 aliphatic carbocycles. The Morgan fingerprint density at radius 2 is 1.79 bits per heavy atom. The van der Waals surface area contributed by atoms with E-state index in [1.807, 2.05) is 30.3 Å². The molecule has 172 valence electrons. The van der Waals surface area contributed by atoms with Gasteiger partial charge in [-0.05, 0) is 24.6 Å². The normalized spacial score (nSPS) is 14.7. The maximum absolute atomic E-state index is 13.1. The lowest BCUT2D eigenvalue weighted by Crippen LogP contribution is -2.40. The molecule has 4 rings (SSSR count). The van der Waals surface area contributed by atoms with Crippen LogP contribution < -0.4 is 5.32 Å². The van der Waals surface area contributed by atoms with Gasteiger partial charge in [0, 0.05) is 31.1 Å². The Balaban J connectivity index is 1.62. The van der Waals surface area contributed by atoms with Crippen molar-refractivity contribution >= 4 is 38.2 Å². The molecule has 0 radical (unpaired) electrons. The number of ketones is 1. The first-order valence-electron chi connectivity index (χ1n) is 10.3. The van der Waals surface area contributed by atoms with Crippen LogP contribution in [0.3, 0.4) is 0 Å². The van der Waals surface area contributed by atoms with E-state index in [1.165, 1.54) is 17.3 Å². The number of benzene rings is 2. The monoisotopic (exact) mass is 485 g/mol. The highest BCUT2D eigenvalue weighted by Crippen LogP contribution is 2.32. The van der Waals surface area contributed by atoms with Gasteiger partial charge in [0.1, 0.15) is 0 Å². The van der Waals surface area contributed by atoms with Crippen LogP contribution in [-0.2, 0) is 14.8 Å². The predicted octanol–water partition coefficient (Wildman–Crippen LogP) is 3.59. The van der Waals surface area contributed by atoms with Gasteiger partial charge in [-0.3, -0.25) is 14.9 Å². The summed E-state index contributed by atoms with van der Waals surface area (Å²) in [6.45, 7) is 4.37. The van der Waals surface area contributed by atoms with Crippen molar-refractivity contribution in [2.45, 2.75) is 18.7 Å². The summed E-state index contributed by atoms with van der Waals surface area (Å²) in [5.74, 6) is -0.655. The third-order valence-electron chi connectivity index (χ3n) is 5.25. The maximum Gasteiger partial charge on any atom is 0.257 e. The highest BCUT2D eigenvalue weighted by atomic mass is 32.2. The second-order valence-electron chi connectivity index (χ2n) is 7.57. The molecule has 0 spiro atoms. The van der Waals surface area contributed by atoms with Gasteiger partial charge in [0.2, 0.25) is 10.0 Å². The molecule has 2 heterocycles. The Kier molecular flexibility index (Phi) is 6.71. The number of sulfonamides is 1. The number of Topliss-reactive ketones (excluding diaryl/α,β-unsaturated/α-hetero) is 1. The van der Waals surface area contributed by atoms with Crippen LogP contribution in [0, 0.1) is 6.92 Å². The summed E-state index contributed by atoms with van der Waals surface area (Å²) in [7, 11) is -3.76. The first-order valence-corrected chi connectivity index (χ1v) is 12.6. The molecule has 1 aliphatic rings. The van der Waals surface area contributed by atoms with Gasteiger partial charge in [-0.2, -0.15) is 4.31 Å². The van der Waals surface area contributed by atoms with Gasteiger partial charge in [-0.25, -0.2) is 13.4 Å². The van der Waals surface area contributed by atoms with E-state index >= 15 is 0 Å². The third-order valence-corrected chi connectivity index (χ3v) is 8.37. The number of carbonyl (C=O) groups is 2. The Labute approximate surface area is 196 Å². The van der Waals surface area contributed by atoms with Crippen LogP contribution in [-0.4, -0.2) is 55.7 Å². The number of anilines is 1. The zero-order valence-corrected chi connectivity index (χ0v) is 19.8. The molecule has 1 amide bonds. The van der Waals surface area contributed by atoms with E-state index < -0.39 is 15.9 Å². The smallest absolute Gasteiger partial charge is 0.257 e. The number of nitrogens with zero attached hydrogens (tertiary/aromatic N) is 2. The van der Waals surface area contributed by atoms with Crippen LogP contribution in [0.1, 0.15) is 32.5 Å². The molecule has 10 heteroatoms. The SMILES string of the molecule is CC(=O)c1sc(NC(=O)c2ccc(C)c(S(=O)(=O)N3CCOCC3)c2)nc1-c1ccccc1. The Morgan fingerprint density at radius 3 is 2.45 bits per heavy atom. The maximum atomic E-state index is 13.1. The fraction of sp³-hybridized carbons (Fsp3) is 0.261. The van der Waals surface area contributed by atoms with Crippen molar-refractivity contribution in [3.05, 3.63) is 64.5 Å². The van der Waals surface area contributed by atoms with Crippen molar-refractivity contribution in [3.63, 3.8) is 0 Å². The average molecular weight is 486 g/mol. The molecule has 33 heavy (non-hydrogen) atoms. The topological polar surface area (TPSA) is 106 Å². The molecular weight excluding hydrogens is 462 g/mol. The molecule has 1 saturated heterocycles. The number of morpholine rings is 1. The largest absolute Gasteiger partial charge is 0.379 e. The highest BCUT2D eigenvalue weighted by molar-refractivity contribution is 7.89. The molecular formula is C23H23N3O5S2. The van der Waals surface area contributed by atoms with E-state index in [9.17, 15) is 18.0 Å². The van der Waals surface area contributed by atoms with Crippen LogP contribution in [0.2, 0.25) is 0 Å². The number of nitrogens with one attached hydrogen (secondary N) is 1. The van der Waals surface area contributed by atoms with E-state index in [0.717, 1.165) is 16.9 Å². The first-order chi connectivity index (χ1) is 15.8. The number of aryl methyl sites for hydroxylation is 1. The highest BCUT2D eigenvalue weighted by Gasteiger charge is 2.28. The Hall–Kier alpha value is -2.92. The Bertz CT molecular complexity index is 1300. The number of hydrogen-bond acceptors (Lipinski definition) is 7. The molecule has 0 unspecified atom stereocenters. The third kappa shape index (κ3) is 4.88. The number of ether oxygens (including phenoxy) is 1. The zero-order chi connectivity index (χ0) is 23.6. The van der Waals surface area contributed by atoms with Gasteiger partial charge < -0.3 is 4.74 Å². The molecule has 2 aromatic carbocycles. The summed E-state index contributed by atoms with van der Waals surface area (Å²) < 4.78 is 32.8. The van der Waals surface area contributed by atoms with Crippen molar-refractivity contribution in [3.8, 4) is 11.3 Å². The molecule has 1 fully saturated rings. The van der Waals surface area contributed by atoms with Gasteiger partial charge in [-0.1, -0.05) is 47.7 Å². The van der Waals surface area contributed by atoms with Crippen LogP contribution >= 0.6 is 11.3 Å². The quantitative estimate of drug-likeness (QED) is 0.535. The lowest BCUT2D eigenvalue weighted by molar-refractivity contribution is 0.0730. The predicted molar refractivity (Wildman–Crippen MR) is 126 cm³/mol. The summed E-state index contributed by atoms with van der Waals surface area (Å²) in [4.78, 5) is 30.1. The summed E-state index contributed by atoms with van der Waals surface area (Å²) in [5, 5.41) is 2.98. The van der Waals surface area contributed by atoms with E-state index in [2.05, 4.69) is 10.3 Å². The number of carbonyl (C=O) groups excluding carboxylic acids is 2. The number of amides is 1. The van der Waals surface area contributed by atoms with Crippen LogP contribution in [0.5, 0.6) is 0 Å². The molecule has 0 bridgehead atoms. The lowest BCUT2D eigenvalue weighted by Gasteiger charge is -2.26. The van der Waals surface area contributed by atoms with Crippen molar-refractivity contribution in [1.82, 2.24) is 9.29 Å². The van der Waals surface area contributed by atoms with E-state index in [-0.39, 0.29) is 34.5 Å². The summed E-state index contributed by atoms with van der Waals surface area (Å²) in [6, 6.07) is 13.8. The standard InChI is InChI=1S/C23H23N3O5S2/c1-15-8-9-18(14-19(15)33(29,30)26-10-12-31-13-11-26)22(28)25-23-24-20(21(32-23)16(2)27)17-6-4-3-5-7-17/h3-9,14H,10-13H2,1-2H3,(H,24,25,28). The Morgan fingerprint density at radius 1 is 1.09 bits per heavy atom. The van der Waals surface area contributed by atoms with Crippen LogP contribution in [0.15, 0.2) is 53.4 Å². The second-order valence-corrected chi connectivity index (χ2v) is 10.5. The molecule has 3 aromatic rings. The van der Waals surface area contributed by atoms with Crippen LogP contribution in [0.4, 0.5) is 5.13 Å². The first kappa shape index (κ1) is 23.2. The van der Waals surface area contributed by atoms with Gasteiger partial charge in [-0.15, -0.1) is 0 Å². The lowest BCUT2D eigenvalue weighted by atomic mass is 10.1. The minimum atomic E-state index is -3.76. The minimum absolute atomic E-state index is 0.0885. The molecule has 0 atom stereocenters. The molecule has 1 aromatic heterocycles. The van der Waals surface area contributed by atoms with Gasteiger partial charge in [0.15, 0.2) is 10.9 Å². The minimum Gasteiger partial charge on any atom is -0.379 e. The number of rotatable bonds is 6. The molecule has 0 saturated carbocycles.